The highest BCUT2D eigenvalue weighted by atomic mass is 32.1. The normalized spacial score (nSPS) is 15.1. The number of rotatable bonds is 6. The second kappa shape index (κ2) is 6.76. The van der Waals surface area contributed by atoms with Crippen molar-refractivity contribution in [2.24, 2.45) is 0 Å². The van der Waals surface area contributed by atoms with Crippen LogP contribution in [0.1, 0.15) is 52.9 Å². The van der Waals surface area contributed by atoms with Crippen LogP contribution in [0.2, 0.25) is 0 Å². The van der Waals surface area contributed by atoms with Crippen LogP contribution in [0.5, 0.6) is 0 Å². The molecule has 1 aliphatic rings. The maximum atomic E-state index is 3.74. The second-order valence-corrected chi connectivity index (χ2v) is 7.08. The maximum Gasteiger partial charge on any atom is 0.0458 e. The van der Waals surface area contributed by atoms with Crippen LogP contribution >= 0.6 is 11.3 Å². The number of nitrogens with one attached hydrogen (secondary N) is 1. The van der Waals surface area contributed by atoms with Gasteiger partial charge in [0, 0.05) is 10.9 Å². The summed E-state index contributed by atoms with van der Waals surface area (Å²) < 4.78 is 0. The fourth-order valence-corrected chi connectivity index (χ4v) is 4.31. The molecule has 1 atom stereocenters. The molecule has 0 saturated carbocycles. The van der Waals surface area contributed by atoms with E-state index in [0.29, 0.717) is 6.04 Å². The molecule has 112 valence electrons. The molecule has 0 radical (unpaired) electrons. The van der Waals surface area contributed by atoms with E-state index < -0.39 is 0 Å². The van der Waals surface area contributed by atoms with Gasteiger partial charge in [0.25, 0.3) is 0 Å². The molecule has 2 heteroatoms. The Morgan fingerprint density at radius 1 is 1.19 bits per heavy atom. The lowest BCUT2D eigenvalue weighted by Gasteiger charge is -2.19. The van der Waals surface area contributed by atoms with E-state index in [-0.39, 0.29) is 0 Å². The molecule has 1 heterocycles. The van der Waals surface area contributed by atoms with Crippen molar-refractivity contribution in [3.05, 3.63) is 56.8 Å². The summed E-state index contributed by atoms with van der Waals surface area (Å²) in [6.07, 6.45) is 6.17. The molecule has 1 N–H and O–H groups in total. The van der Waals surface area contributed by atoms with E-state index in [4.69, 9.17) is 0 Å². The summed E-state index contributed by atoms with van der Waals surface area (Å²) in [4.78, 5) is 1.50. The number of thiophene rings is 1. The zero-order valence-electron chi connectivity index (χ0n) is 13.1. The number of hydrogen-bond acceptors (Lipinski definition) is 2. The lowest BCUT2D eigenvalue weighted by atomic mass is 9.99. The molecule has 0 aliphatic heterocycles. The number of fused-ring (bicyclic) bond motifs is 1. The second-order valence-electron chi connectivity index (χ2n) is 6.14. The van der Waals surface area contributed by atoms with Crippen molar-refractivity contribution in [2.45, 2.75) is 52.0 Å². The monoisotopic (exact) mass is 299 g/mol. The van der Waals surface area contributed by atoms with Crippen molar-refractivity contribution in [1.82, 2.24) is 5.32 Å². The van der Waals surface area contributed by atoms with Gasteiger partial charge in [-0.1, -0.05) is 25.1 Å². The van der Waals surface area contributed by atoms with Crippen molar-refractivity contribution in [3.63, 3.8) is 0 Å². The molecule has 21 heavy (non-hydrogen) atoms. The molecule has 1 aromatic carbocycles. The van der Waals surface area contributed by atoms with E-state index in [1.165, 1.54) is 41.7 Å². The minimum atomic E-state index is 0.462. The Morgan fingerprint density at radius 3 is 2.81 bits per heavy atom. The molecule has 3 rings (SSSR count). The molecule has 1 aliphatic carbocycles. The summed E-state index contributed by atoms with van der Waals surface area (Å²) in [5.41, 5.74) is 6.07. The fourth-order valence-electron chi connectivity index (χ4n) is 3.31. The minimum Gasteiger partial charge on any atom is -0.309 e. The Labute approximate surface area is 132 Å². The average Bonchev–Trinajstić information content (AvgIpc) is 3.11. The summed E-state index contributed by atoms with van der Waals surface area (Å²) in [5.74, 6) is 0. The first-order chi connectivity index (χ1) is 10.3. The third-order valence-electron chi connectivity index (χ3n) is 4.46. The van der Waals surface area contributed by atoms with Gasteiger partial charge in [0.2, 0.25) is 0 Å². The van der Waals surface area contributed by atoms with Crippen molar-refractivity contribution in [2.75, 3.05) is 6.54 Å². The van der Waals surface area contributed by atoms with Crippen LogP contribution in [0.3, 0.4) is 0 Å². The van der Waals surface area contributed by atoms with Crippen molar-refractivity contribution < 1.29 is 0 Å². The van der Waals surface area contributed by atoms with E-state index in [1.54, 1.807) is 11.1 Å². The lowest BCUT2D eigenvalue weighted by molar-refractivity contribution is 0.534. The fraction of sp³-hybridized carbons (Fsp3) is 0.474. The zero-order valence-corrected chi connectivity index (χ0v) is 13.9. The summed E-state index contributed by atoms with van der Waals surface area (Å²) >= 11 is 1.89. The average molecular weight is 299 g/mol. The van der Waals surface area contributed by atoms with Crippen LogP contribution in [0.25, 0.3) is 0 Å². The lowest BCUT2D eigenvalue weighted by Crippen LogP contribution is -2.24. The van der Waals surface area contributed by atoms with Crippen LogP contribution in [0, 0.1) is 6.92 Å². The molecule has 1 unspecified atom stereocenters. The van der Waals surface area contributed by atoms with Crippen molar-refractivity contribution in [1.29, 1.82) is 0 Å². The minimum absolute atomic E-state index is 0.462. The largest absolute Gasteiger partial charge is 0.309 e. The topological polar surface area (TPSA) is 12.0 Å². The van der Waals surface area contributed by atoms with E-state index in [2.05, 4.69) is 48.8 Å². The predicted octanol–water partition coefficient (Wildman–Crippen LogP) is 4.83. The first-order valence-electron chi connectivity index (χ1n) is 8.16. The SMILES string of the molecule is CCCNC(Cc1ccc2c(c1)CCC2)c1sccc1C. The van der Waals surface area contributed by atoms with E-state index >= 15 is 0 Å². The smallest absolute Gasteiger partial charge is 0.0458 e. The molecule has 1 aromatic heterocycles. The quantitative estimate of drug-likeness (QED) is 0.805. The van der Waals surface area contributed by atoms with Gasteiger partial charge in [0.05, 0.1) is 0 Å². The summed E-state index contributed by atoms with van der Waals surface area (Å²) in [6, 6.07) is 9.85. The van der Waals surface area contributed by atoms with Gasteiger partial charge in [-0.15, -0.1) is 11.3 Å². The van der Waals surface area contributed by atoms with E-state index in [9.17, 15) is 0 Å². The van der Waals surface area contributed by atoms with Gasteiger partial charge in [-0.3, -0.25) is 0 Å². The van der Waals surface area contributed by atoms with Crippen molar-refractivity contribution >= 4 is 11.3 Å². The van der Waals surface area contributed by atoms with E-state index in [1.807, 2.05) is 11.3 Å². The third-order valence-corrected chi connectivity index (χ3v) is 5.59. The Hall–Kier alpha value is -1.12. The molecular formula is C19H25NS. The van der Waals surface area contributed by atoms with Gasteiger partial charge in [-0.25, -0.2) is 0 Å². The van der Waals surface area contributed by atoms with Gasteiger partial charge in [-0.2, -0.15) is 0 Å². The van der Waals surface area contributed by atoms with Gasteiger partial charge in [0.15, 0.2) is 0 Å². The number of aryl methyl sites for hydroxylation is 3. The Morgan fingerprint density at radius 2 is 2.05 bits per heavy atom. The van der Waals surface area contributed by atoms with E-state index in [0.717, 1.165) is 13.0 Å². The first-order valence-corrected chi connectivity index (χ1v) is 9.04. The molecule has 0 bridgehead atoms. The molecule has 0 spiro atoms. The van der Waals surface area contributed by atoms with Gasteiger partial charge >= 0.3 is 0 Å². The van der Waals surface area contributed by atoms with Gasteiger partial charge < -0.3 is 5.32 Å². The number of benzene rings is 1. The molecular weight excluding hydrogens is 274 g/mol. The Kier molecular flexibility index (Phi) is 4.77. The first kappa shape index (κ1) is 14.8. The molecule has 0 fully saturated rings. The van der Waals surface area contributed by atoms with Gasteiger partial charge in [-0.05, 0) is 79.3 Å². The standard InChI is InChI=1S/C19H25NS/c1-3-10-20-18(19-14(2)9-11-21-19)13-15-7-8-16-5-4-6-17(16)12-15/h7-9,11-12,18,20H,3-6,10,13H2,1-2H3. The maximum absolute atomic E-state index is 3.74. The zero-order chi connectivity index (χ0) is 14.7. The molecule has 0 saturated heterocycles. The van der Waals surface area contributed by atoms with Gasteiger partial charge in [0.1, 0.15) is 0 Å². The van der Waals surface area contributed by atoms with Crippen LogP contribution in [-0.4, -0.2) is 6.54 Å². The summed E-state index contributed by atoms with van der Waals surface area (Å²) in [5, 5.41) is 5.96. The summed E-state index contributed by atoms with van der Waals surface area (Å²) in [7, 11) is 0. The highest BCUT2D eigenvalue weighted by Gasteiger charge is 2.17. The Bertz CT molecular complexity index is 599. The summed E-state index contributed by atoms with van der Waals surface area (Å²) in [6.45, 7) is 5.56. The third kappa shape index (κ3) is 3.38. The molecule has 2 aromatic rings. The number of hydrogen-bond donors (Lipinski definition) is 1. The van der Waals surface area contributed by atoms with Crippen LogP contribution in [0.15, 0.2) is 29.6 Å². The molecule has 0 amide bonds. The molecule has 1 nitrogen and oxygen atoms in total. The Balaban J connectivity index is 1.79. The highest BCUT2D eigenvalue weighted by molar-refractivity contribution is 7.10. The predicted molar refractivity (Wildman–Crippen MR) is 92.3 cm³/mol. The van der Waals surface area contributed by atoms with Crippen molar-refractivity contribution in [3.8, 4) is 0 Å². The van der Waals surface area contributed by atoms with Crippen LogP contribution in [-0.2, 0) is 19.3 Å². The van der Waals surface area contributed by atoms with Crippen LogP contribution < -0.4 is 5.32 Å². The van der Waals surface area contributed by atoms with Crippen LogP contribution in [0.4, 0.5) is 0 Å². The highest BCUT2D eigenvalue weighted by Crippen LogP contribution is 2.29.